The van der Waals surface area contributed by atoms with Crippen molar-refractivity contribution in [3.05, 3.63) is 0 Å². The van der Waals surface area contributed by atoms with Crippen LogP contribution in [0.2, 0.25) is 0 Å². The Bertz CT molecular complexity index is 247. The maximum Gasteiger partial charge on any atom is 0.210 e. The molecule has 0 amide bonds. The first kappa shape index (κ1) is 11.9. The molecule has 6 heteroatoms. The van der Waals surface area contributed by atoms with Gasteiger partial charge in [-0.1, -0.05) is 0 Å². The Morgan fingerprint density at radius 1 is 1.43 bits per heavy atom. The highest BCUT2D eigenvalue weighted by atomic mass is 32.2. The van der Waals surface area contributed by atoms with Crippen molar-refractivity contribution in [1.82, 2.24) is 5.32 Å². The third kappa shape index (κ3) is 5.54. The summed E-state index contributed by atoms with van der Waals surface area (Å²) in [5, 5.41) is 7.88. The van der Waals surface area contributed by atoms with E-state index in [1.165, 1.54) is 6.42 Å². The number of rotatable bonds is 5. The molecule has 1 heterocycles. The van der Waals surface area contributed by atoms with E-state index >= 15 is 0 Å². The van der Waals surface area contributed by atoms with Crippen LogP contribution >= 0.6 is 0 Å². The lowest BCUT2D eigenvalue weighted by atomic mass is 10.1. The van der Waals surface area contributed by atoms with Crippen LogP contribution in [0.5, 0.6) is 0 Å². The molecular weight excluding hydrogens is 204 g/mol. The van der Waals surface area contributed by atoms with Crippen LogP contribution in [-0.2, 0) is 14.8 Å². The summed E-state index contributed by atoms with van der Waals surface area (Å²) in [6.07, 6.45) is 3.63. The van der Waals surface area contributed by atoms with Crippen molar-refractivity contribution in [3.63, 3.8) is 0 Å². The summed E-state index contributed by atoms with van der Waals surface area (Å²) >= 11 is 0. The third-order valence-corrected chi connectivity index (χ3v) is 2.98. The van der Waals surface area contributed by atoms with Gasteiger partial charge in [0.05, 0.1) is 11.9 Å². The fraction of sp³-hybridized carbons (Fsp3) is 1.00. The lowest BCUT2D eigenvalue weighted by Gasteiger charge is -2.22. The fourth-order valence-corrected chi connectivity index (χ4v) is 1.87. The van der Waals surface area contributed by atoms with Crippen molar-refractivity contribution in [3.8, 4) is 0 Å². The predicted octanol–water partition coefficient (Wildman–Crippen LogP) is -0.566. The van der Waals surface area contributed by atoms with Crippen LogP contribution in [0.15, 0.2) is 0 Å². The molecule has 84 valence electrons. The summed E-state index contributed by atoms with van der Waals surface area (Å²) in [6, 6.07) is 0. The summed E-state index contributed by atoms with van der Waals surface area (Å²) in [4.78, 5) is 0. The van der Waals surface area contributed by atoms with Gasteiger partial charge in [0.15, 0.2) is 0 Å². The van der Waals surface area contributed by atoms with E-state index in [4.69, 9.17) is 9.88 Å². The molecule has 1 aliphatic heterocycles. The second-order valence-electron chi connectivity index (χ2n) is 3.56. The number of ether oxygens (including phenoxy) is 1. The lowest BCUT2D eigenvalue weighted by molar-refractivity contribution is 0.0173. The molecule has 1 rings (SSSR count). The Morgan fingerprint density at radius 2 is 2.21 bits per heavy atom. The summed E-state index contributed by atoms with van der Waals surface area (Å²) in [5.74, 6) is -0.0142. The van der Waals surface area contributed by atoms with E-state index in [9.17, 15) is 8.42 Å². The standard InChI is InChI=1S/C8H18N2O3S/c9-14(11,12)6-4-10-7-8-3-1-2-5-13-8/h8,10H,1-7H2,(H2,9,11,12). The first-order chi connectivity index (χ1) is 6.58. The van der Waals surface area contributed by atoms with Gasteiger partial charge >= 0.3 is 0 Å². The average molecular weight is 222 g/mol. The van der Waals surface area contributed by atoms with Crippen molar-refractivity contribution >= 4 is 10.0 Å². The smallest absolute Gasteiger partial charge is 0.210 e. The zero-order chi connectivity index (χ0) is 10.4. The highest BCUT2D eigenvalue weighted by molar-refractivity contribution is 7.89. The summed E-state index contributed by atoms with van der Waals surface area (Å²) in [5.41, 5.74) is 0. The van der Waals surface area contributed by atoms with Crippen molar-refractivity contribution in [2.75, 3.05) is 25.4 Å². The predicted molar refractivity (Wildman–Crippen MR) is 54.4 cm³/mol. The zero-order valence-corrected chi connectivity index (χ0v) is 9.05. The normalized spacial score (nSPS) is 23.6. The monoisotopic (exact) mass is 222 g/mol. The fourth-order valence-electron chi connectivity index (χ4n) is 1.45. The largest absolute Gasteiger partial charge is 0.377 e. The van der Waals surface area contributed by atoms with Gasteiger partial charge in [0.1, 0.15) is 0 Å². The number of nitrogens with one attached hydrogen (secondary N) is 1. The maximum atomic E-state index is 10.6. The second kappa shape index (κ2) is 5.65. The number of primary sulfonamides is 1. The van der Waals surface area contributed by atoms with E-state index < -0.39 is 10.0 Å². The van der Waals surface area contributed by atoms with E-state index in [1.54, 1.807) is 0 Å². The molecule has 0 aromatic heterocycles. The van der Waals surface area contributed by atoms with Crippen LogP contribution in [0.4, 0.5) is 0 Å². The molecule has 1 atom stereocenters. The Balaban J connectivity index is 2.03. The molecular formula is C8H18N2O3S. The van der Waals surface area contributed by atoms with Crippen LogP contribution in [0.25, 0.3) is 0 Å². The second-order valence-corrected chi connectivity index (χ2v) is 5.29. The minimum Gasteiger partial charge on any atom is -0.377 e. The van der Waals surface area contributed by atoms with Crippen LogP contribution in [-0.4, -0.2) is 40.0 Å². The minimum absolute atomic E-state index is 0.0142. The number of hydrogen-bond acceptors (Lipinski definition) is 4. The van der Waals surface area contributed by atoms with Gasteiger partial charge in [-0.05, 0) is 19.3 Å². The van der Waals surface area contributed by atoms with Gasteiger partial charge in [-0.25, -0.2) is 13.6 Å². The van der Waals surface area contributed by atoms with Crippen LogP contribution in [0.1, 0.15) is 19.3 Å². The third-order valence-electron chi connectivity index (χ3n) is 2.21. The highest BCUT2D eigenvalue weighted by Crippen LogP contribution is 2.11. The number of nitrogens with two attached hydrogens (primary N) is 1. The van der Waals surface area contributed by atoms with Crippen molar-refractivity contribution in [2.24, 2.45) is 5.14 Å². The molecule has 0 aromatic rings. The van der Waals surface area contributed by atoms with E-state index in [0.717, 1.165) is 26.0 Å². The molecule has 0 saturated carbocycles. The Labute approximate surface area is 85.1 Å². The summed E-state index contributed by atoms with van der Waals surface area (Å²) in [6.45, 7) is 1.94. The van der Waals surface area contributed by atoms with Crippen molar-refractivity contribution in [2.45, 2.75) is 25.4 Å². The number of hydrogen-bond donors (Lipinski definition) is 2. The molecule has 0 radical (unpaired) electrons. The quantitative estimate of drug-likeness (QED) is 0.611. The molecule has 0 bridgehead atoms. The molecule has 14 heavy (non-hydrogen) atoms. The molecule has 0 aromatic carbocycles. The minimum atomic E-state index is -3.33. The van der Waals surface area contributed by atoms with E-state index in [2.05, 4.69) is 5.32 Å². The van der Waals surface area contributed by atoms with E-state index in [-0.39, 0.29) is 11.9 Å². The lowest BCUT2D eigenvalue weighted by Crippen LogP contribution is -2.35. The van der Waals surface area contributed by atoms with Crippen molar-refractivity contribution < 1.29 is 13.2 Å². The van der Waals surface area contributed by atoms with Crippen LogP contribution in [0.3, 0.4) is 0 Å². The van der Waals surface area contributed by atoms with E-state index in [1.807, 2.05) is 0 Å². The topological polar surface area (TPSA) is 81.4 Å². The molecule has 1 saturated heterocycles. The van der Waals surface area contributed by atoms with Gasteiger partial charge in [0.2, 0.25) is 10.0 Å². The number of sulfonamides is 1. The summed E-state index contributed by atoms with van der Waals surface area (Å²) in [7, 11) is -3.33. The Kier molecular flexibility index (Phi) is 4.80. The zero-order valence-electron chi connectivity index (χ0n) is 8.24. The highest BCUT2D eigenvalue weighted by Gasteiger charge is 2.13. The Morgan fingerprint density at radius 3 is 2.79 bits per heavy atom. The maximum absolute atomic E-state index is 10.6. The Hall–Kier alpha value is -0.170. The average Bonchev–Trinajstić information content (AvgIpc) is 2.13. The molecule has 1 aliphatic rings. The van der Waals surface area contributed by atoms with Crippen molar-refractivity contribution in [1.29, 1.82) is 0 Å². The van der Waals surface area contributed by atoms with Gasteiger partial charge in [0, 0.05) is 19.7 Å². The molecule has 0 spiro atoms. The first-order valence-electron chi connectivity index (χ1n) is 4.91. The molecule has 3 N–H and O–H groups in total. The molecule has 5 nitrogen and oxygen atoms in total. The molecule has 1 unspecified atom stereocenters. The summed E-state index contributed by atoms with van der Waals surface area (Å²) < 4.78 is 26.6. The van der Waals surface area contributed by atoms with Crippen LogP contribution < -0.4 is 10.5 Å². The van der Waals surface area contributed by atoms with E-state index in [0.29, 0.717) is 6.54 Å². The van der Waals surface area contributed by atoms with Gasteiger partial charge < -0.3 is 10.1 Å². The van der Waals surface area contributed by atoms with Gasteiger partial charge in [0.25, 0.3) is 0 Å². The first-order valence-corrected chi connectivity index (χ1v) is 6.62. The van der Waals surface area contributed by atoms with Crippen LogP contribution in [0, 0.1) is 0 Å². The van der Waals surface area contributed by atoms with Gasteiger partial charge in [-0.3, -0.25) is 0 Å². The SMILES string of the molecule is NS(=O)(=O)CCNCC1CCCCO1. The molecule has 0 aliphatic carbocycles. The van der Waals surface area contributed by atoms with Gasteiger partial charge in [-0.15, -0.1) is 0 Å². The van der Waals surface area contributed by atoms with Gasteiger partial charge in [-0.2, -0.15) is 0 Å². The molecule has 1 fully saturated rings.